The SMILES string of the molecule is COCc1cc(C(C)C)nc(CNC2CC2)n1. The fraction of sp³-hybridized carbons (Fsp3) is 0.692. The summed E-state index contributed by atoms with van der Waals surface area (Å²) in [5.41, 5.74) is 2.07. The summed E-state index contributed by atoms with van der Waals surface area (Å²) < 4.78 is 5.14. The Bertz CT molecular complexity index is 375. The van der Waals surface area contributed by atoms with Gasteiger partial charge in [0.1, 0.15) is 5.82 Å². The van der Waals surface area contributed by atoms with E-state index in [4.69, 9.17) is 4.74 Å². The van der Waals surface area contributed by atoms with Crippen LogP contribution in [0.3, 0.4) is 0 Å². The maximum atomic E-state index is 5.14. The van der Waals surface area contributed by atoms with Crippen LogP contribution >= 0.6 is 0 Å². The Kier molecular flexibility index (Phi) is 4.07. The highest BCUT2D eigenvalue weighted by Gasteiger charge is 2.20. The van der Waals surface area contributed by atoms with E-state index in [1.165, 1.54) is 12.8 Å². The van der Waals surface area contributed by atoms with Crippen molar-refractivity contribution in [3.8, 4) is 0 Å². The third-order valence-corrected chi connectivity index (χ3v) is 2.86. The molecule has 1 aromatic heterocycles. The van der Waals surface area contributed by atoms with Gasteiger partial charge in [-0.15, -0.1) is 0 Å². The van der Waals surface area contributed by atoms with Gasteiger partial charge in [-0.1, -0.05) is 13.8 Å². The van der Waals surface area contributed by atoms with Crippen LogP contribution in [0.5, 0.6) is 0 Å². The van der Waals surface area contributed by atoms with Gasteiger partial charge in [-0.3, -0.25) is 0 Å². The second-order valence-electron chi connectivity index (χ2n) is 4.94. The van der Waals surface area contributed by atoms with E-state index in [0.29, 0.717) is 18.6 Å². The molecule has 0 aliphatic heterocycles. The van der Waals surface area contributed by atoms with Gasteiger partial charge in [-0.25, -0.2) is 9.97 Å². The predicted octanol–water partition coefficient (Wildman–Crippen LogP) is 2.00. The van der Waals surface area contributed by atoms with Gasteiger partial charge in [0.05, 0.1) is 18.8 Å². The summed E-state index contributed by atoms with van der Waals surface area (Å²) in [6, 6.07) is 2.72. The minimum absolute atomic E-state index is 0.424. The van der Waals surface area contributed by atoms with Crippen LogP contribution in [0.2, 0.25) is 0 Å². The molecule has 1 fully saturated rings. The van der Waals surface area contributed by atoms with Gasteiger partial charge in [-0.2, -0.15) is 0 Å². The lowest BCUT2D eigenvalue weighted by Gasteiger charge is -2.10. The molecule has 1 N–H and O–H groups in total. The summed E-state index contributed by atoms with van der Waals surface area (Å²) >= 11 is 0. The molecule has 94 valence electrons. The average Bonchev–Trinajstić information content (AvgIpc) is 3.10. The highest BCUT2D eigenvalue weighted by Crippen LogP contribution is 2.19. The lowest BCUT2D eigenvalue weighted by Crippen LogP contribution is -2.18. The quantitative estimate of drug-likeness (QED) is 0.819. The second kappa shape index (κ2) is 5.56. The minimum Gasteiger partial charge on any atom is -0.378 e. The molecule has 1 saturated carbocycles. The van der Waals surface area contributed by atoms with Crippen LogP contribution in [0.1, 0.15) is 49.8 Å². The van der Waals surface area contributed by atoms with Crippen molar-refractivity contribution in [1.29, 1.82) is 0 Å². The van der Waals surface area contributed by atoms with E-state index in [1.807, 2.05) is 6.07 Å². The van der Waals surface area contributed by atoms with Crippen LogP contribution in [0.4, 0.5) is 0 Å². The average molecular weight is 235 g/mol. The Hall–Kier alpha value is -1.00. The third-order valence-electron chi connectivity index (χ3n) is 2.86. The number of hydrogen-bond donors (Lipinski definition) is 1. The predicted molar refractivity (Wildman–Crippen MR) is 66.7 cm³/mol. The van der Waals surface area contributed by atoms with Crippen LogP contribution in [-0.2, 0) is 17.9 Å². The van der Waals surface area contributed by atoms with Crippen molar-refractivity contribution >= 4 is 0 Å². The van der Waals surface area contributed by atoms with E-state index in [-0.39, 0.29) is 0 Å². The van der Waals surface area contributed by atoms with Crippen molar-refractivity contribution in [2.24, 2.45) is 0 Å². The molecule has 0 aromatic carbocycles. The molecule has 17 heavy (non-hydrogen) atoms. The normalized spacial score (nSPS) is 15.5. The van der Waals surface area contributed by atoms with E-state index in [1.54, 1.807) is 7.11 Å². The first-order chi connectivity index (χ1) is 8.19. The molecule has 0 unspecified atom stereocenters. The molecule has 0 spiro atoms. The molecule has 4 heteroatoms. The van der Waals surface area contributed by atoms with Crippen molar-refractivity contribution in [2.75, 3.05) is 7.11 Å². The van der Waals surface area contributed by atoms with Crippen molar-refractivity contribution in [3.63, 3.8) is 0 Å². The number of ether oxygens (including phenoxy) is 1. The molecule has 1 aliphatic carbocycles. The first-order valence-corrected chi connectivity index (χ1v) is 6.28. The number of aromatic nitrogens is 2. The fourth-order valence-electron chi connectivity index (χ4n) is 1.69. The first-order valence-electron chi connectivity index (χ1n) is 6.28. The lowest BCUT2D eigenvalue weighted by atomic mass is 10.1. The van der Waals surface area contributed by atoms with E-state index < -0.39 is 0 Å². The highest BCUT2D eigenvalue weighted by molar-refractivity contribution is 5.14. The monoisotopic (exact) mass is 235 g/mol. The van der Waals surface area contributed by atoms with Crippen molar-refractivity contribution in [2.45, 2.75) is 51.8 Å². The topological polar surface area (TPSA) is 47.0 Å². The van der Waals surface area contributed by atoms with Gasteiger partial charge in [0.15, 0.2) is 0 Å². The zero-order valence-electron chi connectivity index (χ0n) is 10.9. The van der Waals surface area contributed by atoms with Gasteiger partial charge in [0.25, 0.3) is 0 Å². The largest absolute Gasteiger partial charge is 0.378 e. The molecular weight excluding hydrogens is 214 g/mol. The van der Waals surface area contributed by atoms with E-state index in [9.17, 15) is 0 Å². The maximum absolute atomic E-state index is 5.14. The van der Waals surface area contributed by atoms with Crippen molar-refractivity contribution < 1.29 is 4.74 Å². The Morgan fingerprint density at radius 1 is 1.41 bits per heavy atom. The third kappa shape index (κ3) is 3.75. The van der Waals surface area contributed by atoms with Crippen LogP contribution < -0.4 is 5.32 Å². The molecule has 1 aromatic rings. The molecule has 0 amide bonds. The first kappa shape index (κ1) is 12.5. The summed E-state index contributed by atoms with van der Waals surface area (Å²) in [7, 11) is 1.69. The van der Waals surface area contributed by atoms with Gasteiger partial charge in [0.2, 0.25) is 0 Å². The Morgan fingerprint density at radius 2 is 2.18 bits per heavy atom. The molecule has 1 aliphatic rings. The summed E-state index contributed by atoms with van der Waals surface area (Å²) in [6.07, 6.45) is 2.57. The molecule has 0 saturated heterocycles. The second-order valence-corrected chi connectivity index (χ2v) is 4.94. The minimum atomic E-state index is 0.424. The Labute approximate surface area is 103 Å². The van der Waals surface area contributed by atoms with Crippen LogP contribution in [0, 0.1) is 0 Å². The maximum Gasteiger partial charge on any atom is 0.142 e. The van der Waals surface area contributed by atoms with Gasteiger partial charge >= 0.3 is 0 Å². The molecule has 2 rings (SSSR count). The summed E-state index contributed by atoms with van der Waals surface area (Å²) in [4.78, 5) is 9.09. The zero-order chi connectivity index (χ0) is 12.3. The number of rotatable bonds is 6. The molecule has 1 heterocycles. The number of methoxy groups -OCH3 is 1. The lowest BCUT2D eigenvalue weighted by molar-refractivity contribution is 0.181. The number of hydrogen-bond acceptors (Lipinski definition) is 4. The smallest absolute Gasteiger partial charge is 0.142 e. The van der Waals surface area contributed by atoms with Crippen LogP contribution in [0.25, 0.3) is 0 Å². The standard InChI is InChI=1S/C13H21N3O/c1-9(2)12-6-11(8-17-3)15-13(16-12)7-14-10-4-5-10/h6,9-10,14H,4-5,7-8H2,1-3H3. The molecule has 0 atom stereocenters. The van der Waals surface area contributed by atoms with E-state index >= 15 is 0 Å². The van der Waals surface area contributed by atoms with E-state index in [2.05, 4.69) is 29.1 Å². The highest BCUT2D eigenvalue weighted by atomic mass is 16.5. The van der Waals surface area contributed by atoms with Gasteiger partial charge < -0.3 is 10.1 Å². The zero-order valence-corrected chi connectivity index (χ0v) is 10.9. The van der Waals surface area contributed by atoms with Crippen molar-refractivity contribution in [1.82, 2.24) is 15.3 Å². The molecule has 0 bridgehead atoms. The van der Waals surface area contributed by atoms with Crippen LogP contribution in [-0.4, -0.2) is 23.1 Å². The summed E-state index contributed by atoms with van der Waals surface area (Å²) in [6.45, 7) is 5.62. The molecular formula is C13H21N3O. The molecule has 4 nitrogen and oxygen atoms in total. The number of nitrogens with zero attached hydrogens (tertiary/aromatic N) is 2. The van der Waals surface area contributed by atoms with Crippen molar-refractivity contribution in [3.05, 3.63) is 23.3 Å². The van der Waals surface area contributed by atoms with Gasteiger partial charge in [0, 0.05) is 18.8 Å². The van der Waals surface area contributed by atoms with Gasteiger partial charge in [-0.05, 0) is 24.8 Å². The summed E-state index contributed by atoms with van der Waals surface area (Å²) in [5.74, 6) is 1.31. The van der Waals surface area contributed by atoms with E-state index in [0.717, 1.165) is 23.8 Å². The summed E-state index contributed by atoms with van der Waals surface area (Å²) in [5, 5.41) is 3.44. The molecule has 0 radical (unpaired) electrons. The van der Waals surface area contributed by atoms with Crippen LogP contribution in [0.15, 0.2) is 6.07 Å². The Morgan fingerprint density at radius 3 is 2.76 bits per heavy atom. The number of nitrogens with one attached hydrogen (secondary N) is 1. The fourth-order valence-corrected chi connectivity index (χ4v) is 1.69. The Balaban J connectivity index is 2.10.